The van der Waals surface area contributed by atoms with Crippen LogP contribution < -0.4 is 5.73 Å². The minimum atomic E-state index is -0.220. The quantitative estimate of drug-likeness (QED) is 0.745. The van der Waals surface area contributed by atoms with E-state index in [4.69, 9.17) is 10.8 Å². The Hall–Kier alpha value is -0.860. The molecule has 3 N–H and O–H groups in total. The lowest BCUT2D eigenvalue weighted by molar-refractivity contribution is 0.268. The molecule has 0 saturated heterocycles. The van der Waals surface area contributed by atoms with Crippen molar-refractivity contribution in [3.8, 4) is 0 Å². The van der Waals surface area contributed by atoms with Crippen LogP contribution in [0.2, 0.25) is 0 Å². The summed E-state index contributed by atoms with van der Waals surface area (Å²) in [5, 5.41) is 8.97. The summed E-state index contributed by atoms with van der Waals surface area (Å²) in [7, 11) is 0. The Balaban J connectivity index is 2.29. The zero-order valence-corrected chi connectivity index (χ0v) is 8.37. The molecule has 0 radical (unpaired) electrons. The molecule has 0 fully saturated rings. The fourth-order valence-electron chi connectivity index (χ4n) is 2.09. The number of aliphatic hydroxyl groups excluding tert-OH is 1. The third kappa shape index (κ3) is 1.81. The van der Waals surface area contributed by atoms with Crippen molar-refractivity contribution in [1.82, 2.24) is 0 Å². The number of hydrogen-bond donors (Lipinski definition) is 2. The fourth-order valence-corrected chi connectivity index (χ4v) is 2.09. The molecule has 0 saturated carbocycles. The molecule has 0 heterocycles. The maximum Gasteiger partial charge on any atom is 0.0624 e. The number of aryl methyl sites for hydroxylation is 2. The largest absolute Gasteiger partial charge is 0.394 e. The van der Waals surface area contributed by atoms with Gasteiger partial charge in [0.1, 0.15) is 0 Å². The lowest BCUT2D eigenvalue weighted by atomic mass is 9.89. The van der Waals surface area contributed by atoms with Gasteiger partial charge in [-0.1, -0.05) is 18.2 Å². The molecule has 14 heavy (non-hydrogen) atoms. The van der Waals surface area contributed by atoms with Crippen LogP contribution in [0.4, 0.5) is 0 Å². The second kappa shape index (κ2) is 4.11. The van der Waals surface area contributed by atoms with E-state index < -0.39 is 0 Å². The molecule has 1 aromatic carbocycles. The van der Waals surface area contributed by atoms with Crippen molar-refractivity contribution in [2.75, 3.05) is 6.61 Å². The summed E-state index contributed by atoms with van der Waals surface area (Å²) in [5.41, 5.74) is 9.73. The molecular formula is C12H17NO. The number of benzene rings is 1. The third-order valence-electron chi connectivity index (χ3n) is 3.00. The average Bonchev–Trinajstić information content (AvgIpc) is 2.27. The van der Waals surface area contributed by atoms with E-state index in [2.05, 4.69) is 12.1 Å². The number of aliphatic hydroxyl groups is 1. The summed E-state index contributed by atoms with van der Waals surface area (Å²) in [6, 6.07) is 6.15. The summed E-state index contributed by atoms with van der Waals surface area (Å²) in [6.45, 7) is 0.0266. The normalized spacial score (nSPS) is 17.6. The lowest BCUT2D eigenvalue weighted by Gasteiger charge is -2.18. The molecule has 0 amide bonds. The molecule has 1 atom stereocenters. The summed E-state index contributed by atoms with van der Waals surface area (Å²) in [4.78, 5) is 0. The van der Waals surface area contributed by atoms with E-state index in [0.717, 1.165) is 5.56 Å². The van der Waals surface area contributed by atoms with Gasteiger partial charge in [0.25, 0.3) is 0 Å². The topological polar surface area (TPSA) is 46.2 Å². The van der Waals surface area contributed by atoms with E-state index in [1.807, 2.05) is 6.07 Å². The molecule has 76 valence electrons. The SMILES string of the molecule is N[C@@H](CO)c1ccc2c(c1)CCCC2. The van der Waals surface area contributed by atoms with Crippen LogP contribution >= 0.6 is 0 Å². The van der Waals surface area contributed by atoms with E-state index in [9.17, 15) is 0 Å². The molecule has 2 rings (SSSR count). The maximum absolute atomic E-state index is 8.97. The Morgan fingerprint density at radius 2 is 1.93 bits per heavy atom. The van der Waals surface area contributed by atoms with Crippen LogP contribution in [0, 0.1) is 0 Å². The second-order valence-electron chi connectivity index (χ2n) is 4.02. The first-order valence-electron chi connectivity index (χ1n) is 5.29. The zero-order chi connectivity index (χ0) is 9.97. The van der Waals surface area contributed by atoms with Crippen molar-refractivity contribution in [1.29, 1.82) is 0 Å². The van der Waals surface area contributed by atoms with Gasteiger partial charge in [-0.25, -0.2) is 0 Å². The van der Waals surface area contributed by atoms with Gasteiger partial charge < -0.3 is 10.8 Å². The summed E-state index contributed by atoms with van der Waals surface area (Å²) in [5.74, 6) is 0. The first-order chi connectivity index (χ1) is 6.81. The van der Waals surface area contributed by atoms with Gasteiger partial charge in [-0.15, -0.1) is 0 Å². The highest BCUT2D eigenvalue weighted by Crippen LogP contribution is 2.23. The van der Waals surface area contributed by atoms with Gasteiger partial charge in [-0.3, -0.25) is 0 Å². The van der Waals surface area contributed by atoms with Crippen LogP contribution in [0.1, 0.15) is 35.6 Å². The predicted molar refractivity (Wildman–Crippen MR) is 57.1 cm³/mol. The van der Waals surface area contributed by atoms with E-state index in [0.29, 0.717) is 0 Å². The summed E-state index contributed by atoms with van der Waals surface area (Å²) >= 11 is 0. The molecule has 0 aliphatic heterocycles. The highest BCUT2D eigenvalue weighted by Gasteiger charge is 2.11. The Morgan fingerprint density at radius 3 is 2.64 bits per heavy atom. The first-order valence-corrected chi connectivity index (χ1v) is 5.29. The van der Waals surface area contributed by atoms with Gasteiger partial charge in [0, 0.05) is 0 Å². The van der Waals surface area contributed by atoms with Crippen LogP contribution in [-0.2, 0) is 12.8 Å². The van der Waals surface area contributed by atoms with Crippen molar-refractivity contribution in [2.24, 2.45) is 5.73 Å². The van der Waals surface area contributed by atoms with Crippen LogP contribution in [0.15, 0.2) is 18.2 Å². The lowest BCUT2D eigenvalue weighted by Crippen LogP contribution is -2.15. The zero-order valence-electron chi connectivity index (χ0n) is 8.37. The number of nitrogens with two attached hydrogens (primary N) is 1. The van der Waals surface area contributed by atoms with Crippen molar-refractivity contribution >= 4 is 0 Å². The molecule has 1 aromatic rings. The summed E-state index contributed by atoms with van der Waals surface area (Å²) < 4.78 is 0. The molecule has 0 bridgehead atoms. The van der Waals surface area contributed by atoms with Crippen molar-refractivity contribution < 1.29 is 5.11 Å². The highest BCUT2D eigenvalue weighted by molar-refractivity contribution is 5.35. The smallest absolute Gasteiger partial charge is 0.0624 e. The average molecular weight is 191 g/mol. The van der Waals surface area contributed by atoms with E-state index >= 15 is 0 Å². The van der Waals surface area contributed by atoms with Crippen LogP contribution in [0.25, 0.3) is 0 Å². The Bertz CT molecular complexity index is 322. The van der Waals surface area contributed by atoms with E-state index in [1.54, 1.807) is 0 Å². The van der Waals surface area contributed by atoms with Crippen LogP contribution in [-0.4, -0.2) is 11.7 Å². The molecule has 1 aliphatic rings. The van der Waals surface area contributed by atoms with Crippen molar-refractivity contribution in [2.45, 2.75) is 31.7 Å². The van der Waals surface area contributed by atoms with Crippen molar-refractivity contribution in [3.63, 3.8) is 0 Å². The molecule has 0 unspecified atom stereocenters. The summed E-state index contributed by atoms with van der Waals surface area (Å²) in [6.07, 6.45) is 4.95. The number of rotatable bonds is 2. The van der Waals surface area contributed by atoms with E-state index in [1.165, 1.54) is 36.8 Å². The second-order valence-corrected chi connectivity index (χ2v) is 4.02. The molecule has 0 aromatic heterocycles. The fraction of sp³-hybridized carbons (Fsp3) is 0.500. The van der Waals surface area contributed by atoms with Gasteiger partial charge >= 0.3 is 0 Å². The van der Waals surface area contributed by atoms with Gasteiger partial charge in [0.2, 0.25) is 0 Å². The molecule has 1 aliphatic carbocycles. The molecule has 2 nitrogen and oxygen atoms in total. The monoisotopic (exact) mass is 191 g/mol. The van der Waals surface area contributed by atoms with Crippen LogP contribution in [0.3, 0.4) is 0 Å². The van der Waals surface area contributed by atoms with Gasteiger partial charge in [0.15, 0.2) is 0 Å². The molecular weight excluding hydrogens is 174 g/mol. The standard InChI is InChI=1S/C12H17NO/c13-12(8-14)11-6-5-9-3-1-2-4-10(9)7-11/h5-7,12,14H,1-4,8,13H2/t12-/m0/s1. The molecule has 2 heteroatoms. The molecule has 0 spiro atoms. The Kier molecular flexibility index (Phi) is 2.85. The number of fused-ring (bicyclic) bond motifs is 1. The Morgan fingerprint density at radius 1 is 1.21 bits per heavy atom. The predicted octanol–water partition coefficient (Wildman–Crippen LogP) is 1.56. The maximum atomic E-state index is 8.97. The van der Waals surface area contributed by atoms with Gasteiger partial charge in [0.05, 0.1) is 12.6 Å². The highest BCUT2D eigenvalue weighted by atomic mass is 16.3. The van der Waals surface area contributed by atoms with Gasteiger partial charge in [-0.05, 0) is 42.4 Å². The van der Waals surface area contributed by atoms with Crippen LogP contribution in [0.5, 0.6) is 0 Å². The first kappa shape index (κ1) is 9.69. The van der Waals surface area contributed by atoms with Crippen molar-refractivity contribution in [3.05, 3.63) is 34.9 Å². The Labute approximate surface area is 84.7 Å². The van der Waals surface area contributed by atoms with E-state index in [-0.39, 0.29) is 12.6 Å². The van der Waals surface area contributed by atoms with Gasteiger partial charge in [-0.2, -0.15) is 0 Å². The minimum Gasteiger partial charge on any atom is -0.394 e. The third-order valence-corrected chi connectivity index (χ3v) is 3.00. The minimum absolute atomic E-state index is 0.0266. The number of hydrogen-bond acceptors (Lipinski definition) is 2.